The Bertz CT molecular complexity index is 320. The van der Waals surface area contributed by atoms with Crippen molar-refractivity contribution >= 4 is 17.1 Å². The molecule has 2 rings (SSSR count). The third kappa shape index (κ3) is 2.67. The minimum Gasteiger partial charge on any atom is -0.327 e. The van der Waals surface area contributed by atoms with Crippen molar-refractivity contribution in [3.8, 4) is 0 Å². The summed E-state index contributed by atoms with van der Waals surface area (Å²) in [5.41, 5.74) is 5.91. The smallest absolute Gasteiger partial charge is 0.137 e. The Morgan fingerprint density at radius 1 is 1.53 bits per heavy atom. The first-order chi connectivity index (χ1) is 7.27. The van der Waals surface area contributed by atoms with E-state index in [2.05, 4.69) is 11.4 Å². The third-order valence-electron chi connectivity index (χ3n) is 3.18. The van der Waals surface area contributed by atoms with Gasteiger partial charge in [-0.2, -0.15) is 0 Å². The molecule has 1 aliphatic rings. The number of ketones is 1. The summed E-state index contributed by atoms with van der Waals surface area (Å²) in [6, 6.07) is 4.25. The van der Waals surface area contributed by atoms with Crippen LogP contribution in [0.3, 0.4) is 0 Å². The first kappa shape index (κ1) is 10.8. The molecule has 1 aromatic heterocycles. The van der Waals surface area contributed by atoms with Crippen LogP contribution in [0.4, 0.5) is 0 Å². The molecule has 2 unspecified atom stereocenters. The summed E-state index contributed by atoms with van der Waals surface area (Å²) in [5, 5.41) is 2.06. The number of aryl methyl sites for hydroxylation is 1. The number of carbonyl (C=O) groups is 1. The van der Waals surface area contributed by atoms with Gasteiger partial charge in [0.05, 0.1) is 0 Å². The second-order valence-electron chi connectivity index (χ2n) is 4.25. The Hall–Kier alpha value is -0.670. The molecule has 1 aromatic rings. The van der Waals surface area contributed by atoms with Gasteiger partial charge in [0.15, 0.2) is 0 Å². The first-order valence-corrected chi connectivity index (χ1v) is 6.46. The zero-order chi connectivity index (χ0) is 10.7. The monoisotopic (exact) mass is 223 g/mol. The van der Waals surface area contributed by atoms with Gasteiger partial charge in [-0.05, 0) is 30.7 Å². The normalized spacial score (nSPS) is 25.7. The number of rotatable bonds is 4. The van der Waals surface area contributed by atoms with Crippen LogP contribution in [0.25, 0.3) is 0 Å². The molecule has 0 radical (unpaired) electrons. The van der Waals surface area contributed by atoms with Gasteiger partial charge < -0.3 is 5.73 Å². The predicted molar refractivity (Wildman–Crippen MR) is 63.0 cm³/mol. The van der Waals surface area contributed by atoms with E-state index in [0.29, 0.717) is 12.2 Å². The van der Waals surface area contributed by atoms with Gasteiger partial charge >= 0.3 is 0 Å². The van der Waals surface area contributed by atoms with Crippen molar-refractivity contribution in [1.29, 1.82) is 0 Å². The Morgan fingerprint density at radius 3 is 3.00 bits per heavy atom. The van der Waals surface area contributed by atoms with E-state index < -0.39 is 0 Å². The summed E-state index contributed by atoms with van der Waals surface area (Å²) < 4.78 is 0. The van der Waals surface area contributed by atoms with Crippen LogP contribution in [-0.2, 0) is 11.2 Å². The second-order valence-corrected chi connectivity index (χ2v) is 5.28. The van der Waals surface area contributed by atoms with Crippen LogP contribution in [0.15, 0.2) is 17.5 Å². The van der Waals surface area contributed by atoms with E-state index in [4.69, 9.17) is 5.73 Å². The van der Waals surface area contributed by atoms with Crippen LogP contribution in [0.1, 0.15) is 30.6 Å². The largest absolute Gasteiger partial charge is 0.327 e. The molecule has 82 valence electrons. The molecule has 0 amide bonds. The second kappa shape index (κ2) is 4.90. The number of nitrogens with two attached hydrogens (primary N) is 1. The average molecular weight is 223 g/mol. The van der Waals surface area contributed by atoms with Crippen LogP contribution >= 0.6 is 11.3 Å². The molecule has 2 atom stereocenters. The van der Waals surface area contributed by atoms with Gasteiger partial charge in [-0.15, -0.1) is 11.3 Å². The van der Waals surface area contributed by atoms with E-state index >= 15 is 0 Å². The molecule has 1 aliphatic carbocycles. The van der Waals surface area contributed by atoms with Crippen LogP contribution < -0.4 is 5.73 Å². The van der Waals surface area contributed by atoms with Gasteiger partial charge in [-0.1, -0.05) is 12.5 Å². The topological polar surface area (TPSA) is 43.1 Å². The lowest BCUT2D eigenvalue weighted by Crippen LogP contribution is -2.30. The molecule has 1 heterocycles. The van der Waals surface area contributed by atoms with E-state index in [1.54, 1.807) is 11.3 Å². The number of thiophene rings is 1. The van der Waals surface area contributed by atoms with E-state index in [0.717, 1.165) is 25.7 Å². The molecule has 2 nitrogen and oxygen atoms in total. The predicted octanol–water partition coefficient (Wildman–Crippen LogP) is 2.38. The molecule has 0 bridgehead atoms. The fourth-order valence-electron chi connectivity index (χ4n) is 2.28. The molecule has 1 fully saturated rings. The summed E-state index contributed by atoms with van der Waals surface area (Å²) in [6.07, 6.45) is 4.70. The molecule has 0 aliphatic heterocycles. The van der Waals surface area contributed by atoms with E-state index in [9.17, 15) is 4.79 Å². The standard InChI is InChI=1S/C12H17NOS/c13-11-5-1-4-10(11)12(14)7-6-9-3-2-8-15-9/h2-3,8,10-11H,1,4-7,13H2. The molecule has 1 saturated carbocycles. The zero-order valence-electron chi connectivity index (χ0n) is 8.82. The number of hydrogen-bond acceptors (Lipinski definition) is 3. The maximum atomic E-state index is 11.9. The maximum Gasteiger partial charge on any atom is 0.137 e. The molecule has 0 aromatic carbocycles. The lowest BCUT2D eigenvalue weighted by atomic mass is 9.95. The van der Waals surface area contributed by atoms with Gasteiger partial charge in [0.2, 0.25) is 0 Å². The van der Waals surface area contributed by atoms with Crippen molar-refractivity contribution in [2.24, 2.45) is 11.7 Å². The summed E-state index contributed by atoms with van der Waals surface area (Å²) in [7, 11) is 0. The van der Waals surface area contributed by atoms with Crippen molar-refractivity contribution in [2.75, 3.05) is 0 Å². The Balaban J connectivity index is 1.82. The van der Waals surface area contributed by atoms with Crippen molar-refractivity contribution in [3.63, 3.8) is 0 Å². The zero-order valence-corrected chi connectivity index (χ0v) is 9.63. The highest BCUT2D eigenvalue weighted by Gasteiger charge is 2.29. The van der Waals surface area contributed by atoms with Crippen molar-refractivity contribution in [3.05, 3.63) is 22.4 Å². The Morgan fingerprint density at radius 2 is 2.40 bits per heavy atom. The van der Waals surface area contributed by atoms with Gasteiger partial charge in [-0.3, -0.25) is 4.79 Å². The highest BCUT2D eigenvalue weighted by atomic mass is 32.1. The first-order valence-electron chi connectivity index (χ1n) is 5.58. The molecular weight excluding hydrogens is 206 g/mol. The van der Waals surface area contributed by atoms with Crippen LogP contribution in [0, 0.1) is 5.92 Å². The fourth-order valence-corrected chi connectivity index (χ4v) is 2.98. The fraction of sp³-hybridized carbons (Fsp3) is 0.583. The molecule has 0 saturated heterocycles. The SMILES string of the molecule is NC1CCCC1C(=O)CCc1cccs1. The lowest BCUT2D eigenvalue weighted by Gasteiger charge is -2.13. The molecular formula is C12H17NOS. The number of hydrogen-bond donors (Lipinski definition) is 1. The van der Waals surface area contributed by atoms with Crippen molar-refractivity contribution in [2.45, 2.75) is 38.1 Å². The summed E-state index contributed by atoms with van der Waals surface area (Å²) in [6.45, 7) is 0. The highest BCUT2D eigenvalue weighted by Crippen LogP contribution is 2.26. The van der Waals surface area contributed by atoms with Crippen LogP contribution in [-0.4, -0.2) is 11.8 Å². The maximum absolute atomic E-state index is 11.9. The minimum absolute atomic E-state index is 0.126. The van der Waals surface area contributed by atoms with Crippen LogP contribution in [0.2, 0.25) is 0 Å². The molecule has 3 heteroatoms. The van der Waals surface area contributed by atoms with Crippen LogP contribution in [0.5, 0.6) is 0 Å². The van der Waals surface area contributed by atoms with Crippen molar-refractivity contribution in [1.82, 2.24) is 0 Å². The average Bonchev–Trinajstić information content (AvgIpc) is 2.84. The molecule has 2 N–H and O–H groups in total. The van der Waals surface area contributed by atoms with E-state index in [1.165, 1.54) is 4.88 Å². The van der Waals surface area contributed by atoms with Gasteiger partial charge in [0, 0.05) is 23.3 Å². The lowest BCUT2D eigenvalue weighted by molar-refractivity contribution is -0.122. The summed E-state index contributed by atoms with van der Waals surface area (Å²) in [5.74, 6) is 0.512. The molecule has 0 spiro atoms. The minimum atomic E-state index is 0.126. The summed E-state index contributed by atoms with van der Waals surface area (Å²) in [4.78, 5) is 13.2. The Labute approximate surface area is 94.5 Å². The molecule has 15 heavy (non-hydrogen) atoms. The Kier molecular flexibility index (Phi) is 3.54. The highest BCUT2D eigenvalue weighted by molar-refractivity contribution is 7.09. The quantitative estimate of drug-likeness (QED) is 0.851. The third-order valence-corrected chi connectivity index (χ3v) is 4.12. The van der Waals surface area contributed by atoms with Crippen molar-refractivity contribution < 1.29 is 4.79 Å². The van der Waals surface area contributed by atoms with Gasteiger partial charge in [0.25, 0.3) is 0 Å². The van der Waals surface area contributed by atoms with E-state index in [-0.39, 0.29) is 12.0 Å². The van der Waals surface area contributed by atoms with Gasteiger partial charge in [0.1, 0.15) is 5.78 Å². The van der Waals surface area contributed by atoms with Gasteiger partial charge in [-0.25, -0.2) is 0 Å². The number of Topliss-reactive ketones (excluding diaryl/α,β-unsaturated/α-hetero) is 1. The number of carbonyl (C=O) groups excluding carboxylic acids is 1. The summed E-state index contributed by atoms with van der Waals surface area (Å²) >= 11 is 1.72. The van der Waals surface area contributed by atoms with E-state index in [1.807, 2.05) is 6.07 Å².